The Kier molecular flexibility index (Phi) is 4.03. The molecule has 1 fully saturated rings. The van der Waals surface area contributed by atoms with Gasteiger partial charge in [0, 0.05) is 25.0 Å². The third kappa shape index (κ3) is 2.72. The van der Waals surface area contributed by atoms with Crippen molar-refractivity contribution in [2.45, 2.75) is 51.4 Å². The van der Waals surface area contributed by atoms with E-state index in [1.54, 1.807) is 0 Å². The normalized spacial score (nSPS) is 20.6. The van der Waals surface area contributed by atoms with Gasteiger partial charge in [-0.1, -0.05) is 18.2 Å². The lowest BCUT2D eigenvalue weighted by atomic mass is 10.0. The zero-order chi connectivity index (χ0) is 13.9. The Morgan fingerprint density at radius 1 is 1.45 bits per heavy atom. The average Bonchev–Trinajstić information content (AvgIpc) is 3.07. The molecule has 2 aromatic rings. The average molecular weight is 274 g/mol. The minimum absolute atomic E-state index is 0.226. The van der Waals surface area contributed by atoms with Gasteiger partial charge in [-0.3, -0.25) is 4.68 Å². The van der Waals surface area contributed by atoms with E-state index in [2.05, 4.69) is 24.2 Å². The fraction of sp³-hybridized carbons (Fsp3) is 0.562. The number of rotatable bonds is 5. The van der Waals surface area contributed by atoms with Crippen LogP contribution in [0.3, 0.4) is 0 Å². The van der Waals surface area contributed by atoms with Crippen LogP contribution in [0.25, 0.3) is 10.9 Å². The quantitative estimate of drug-likeness (QED) is 0.911. The molecule has 0 spiro atoms. The van der Waals surface area contributed by atoms with E-state index < -0.39 is 0 Å². The van der Waals surface area contributed by atoms with Crippen molar-refractivity contribution in [2.24, 2.45) is 0 Å². The molecular formula is C16H22N2O2. The first-order chi connectivity index (χ1) is 9.78. The highest BCUT2D eigenvalue weighted by Crippen LogP contribution is 2.22. The van der Waals surface area contributed by atoms with E-state index in [-0.39, 0.29) is 12.2 Å². The van der Waals surface area contributed by atoms with Crippen LogP contribution >= 0.6 is 0 Å². The molecule has 2 heterocycles. The summed E-state index contributed by atoms with van der Waals surface area (Å²) in [6, 6.07) is 8.23. The van der Waals surface area contributed by atoms with Crippen LogP contribution in [0.5, 0.6) is 0 Å². The number of nitrogens with zero attached hydrogens (tertiary/aromatic N) is 2. The number of benzene rings is 1. The number of para-hydroxylation sites is 1. The third-order valence-electron chi connectivity index (χ3n) is 4.02. The van der Waals surface area contributed by atoms with Crippen LogP contribution in [0.15, 0.2) is 24.3 Å². The van der Waals surface area contributed by atoms with Crippen LogP contribution in [0.1, 0.15) is 31.9 Å². The molecule has 108 valence electrons. The van der Waals surface area contributed by atoms with Crippen LogP contribution in [-0.4, -0.2) is 33.7 Å². The summed E-state index contributed by atoms with van der Waals surface area (Å²) in [5.74, 6) is 0. The van der Waals surface area contributed by atoms with Crippen LogP contribution < -0.4 is 0 Å². The minimum atomic E-state index is -0.373. The summed E-state index contributed by atoms with van der Waals surface area (Å²) in [5.41, 5.74) is 2.14. The number of aryl methyl sites for hydroxylation is 1. The molecule has 1 saturated heterocycles. The van der Waals surface area contributed by atoms with Crippen LogP contribution in [-0.2, 0) is 17.7 Å². The molecule has 0 aliphatic carbocycles. The lowest BCUT2D eigenvalue weighted by Gasteiger charge is -2.14. The van der Waals surface area contributed by atoms with Crippen LogP contribution in [0, 0.1) is 0 Å². The number of hydrogen-bond donors (Lipinski definition) is 1. The molecule has 1 aromatic carbocycles. The third-order valence-corrected chi connectivity index (χ3v) is 4.02. The maximum Gasteiger partial charge on any atom is 0.0729 e. The molecular weight excluding hydrogens is 252 g/mol. The van der Waals surface area contributed by atoms with E-state index in [0.717, 1.165) is 42.6 Å². The summed E-state index contributed by atoms with van der Waals surface area (Å²) in [6.45, 7) is 3.78. The van der Waals surface area contributed by atoms with E-state index in [4.69, 9.17) is 4.74 Å². The minimum Gasteiger partial charge on any atom is -0.393 e. The van der Waals surface area contributed by atoms with Crippen molar-refractivity contribution in [1.29, 1.82) is 0 Å². The van der Waals surface area contributed by atoms with Gasteiger partial charge in [-0.2, -0.15) is 5.10 Å². The molecule has 1 aliphatic rings. The zero-order valence-electron chi connectivity index (χ0n) is 12.0. The van der Waals surface area contributed by atoms with E-state index in [1.807, 2.05) is 16.8 Å². The summed E-state index contributed by atoms with van der Waals surface area (Å²) >= 11 is 0. The molecule has 1 N–H and O–H groups in total. The Morgan fingerprint density at radius 2 is 2.30 bits per heavy atom. The Hall–Kier alpha value is -1.39. The van der Waals surface area contributed by atoms with Gasteiger partial charge in [-0.05, 0) is 32.3 Å². The maximum atomic E-state index is 10.3. The molecule has 0 bridgehead atoms. The fourth-order valence-corrected chi connectivity index (χ4v) is 3.03. The Labute approximate surface area is 119 Å². The first-order valence-electron chi connectivity index (χ1n) is 7.52. The van der Waals surface area contributed by atoms with E-state index >= 15 is 0 Å². The van der Waals surface area contributed by atoms with Gasteiger partial charge >= 0.3 is 0 Å². The first-order valence-corrected chi connectivity index (χ1v) is 7.52. The summed E-state index contributed by atoms with van der Waals surface area (Å²) < 4.78 is 7.59. The van der Waals surface area contributed by atoms with Crippen molar-refractivity contribution in [3.8, 4) is 0 Å². The van der Waals surface area contributed by atoms with E-state index in [1.165, 1.54) is 0 Å². The zero-order valence-corrected chi connectivity index (χ0v) is 12.0. The van der Waals surface area contributed by atoms with Crippen molar-refractivity contribution < 1.29 is 9.84 Å². The second-order valence-electron chi connectivity index (χ2n) is 5.51. The molecule has 1 aliphatic heterocycles. The number of fused-ring (bicyclic) bond motifs is 1. The molecule has 0 saturated carbocycles. The van der Waals surface area contributed by atoms with E-state index in [9.17, 15) is 5.11 Å². The molecule has 2 unspecified atom stereocenters. The van der Waals surface area contributed by atoms with Crippen molar-refractivity contribution in [2.75, 3.05) is 6.61 Å². The predicted octanol–water partition coefficient (Wildman–Crippen LogP) is 2.53. The number of aromatic nitrogens is 2. The Balaban J connectivity index is 1.76. The molecule has 4 heteroatoms. The van der Waals surface area contributed by atoms with Gasteiger partial charge in [0.25, 0.3) is 0 Å². The van der Waals surface area contributed by atoms with Gasteiger partial charge in [0.05, 0.1) is 23.4 Å². The second-order valence-corrected chi connectivity index (χ2v) is 5.51. The lowest BCUT2D eigenvalue weighted by Crippen LogP contribution is -2.19. The maximum absolute atomic E-state index is 10.3. The molecule has 20 heavy (non-hydrogen) atoms. The van der Waals surface area contributed by atoms with Gasteiger partial charge in [-0.15, -0.1) is 0 Å². The molecule has 4 nitrogen and oxygen atoms in total. The number of aliphatic hydroxyl groups excluding tert-OH is 1. The van der Waals surface area contributed by atoms with Gasteiger partial charge < -0.3 is 9.84 Å². The molecule has 1 aromatic heterocycles. The number of ether oxygens (including phenoxy) is 1. The lowest BCUT2D eigenvalue weighted by molar-refractivity contribution is 0.0538. The van der Waals surface area contributed by atoms with Gasteiger partial charge in [-0.25, -0.2) is 0 Å². The second kappa shape index (κ2) is 5.94. The van der Waals surface area contributed by atoms with Crippen LogP contribution in [0.4, 0.5) is 0 Å². The highest BCUT2D eigenvalue weighted by Gasteiger charge is 2.21. The fourth-order valence-electron chi connectivity index (χ4n) is 3.03. The first kappa shape index (κ1) is 13.6. The van der Waals surface area contributed by atoms with Gasteiger partial charge in [0.1, 0.15) is 0 Å². The van der Waals surface area contributed by atoms with Crippen molar-refractivity contribution in [3.05, 3.63) is 30.0 Å². The summed E-state index contributed by atoms with van der Waals surface area (Å²) in [7, 11) is 0. The van der Waals surface area contributed by atoms with Crippen molar-refractivity contribution in [3.63, 3.8) is 0 Å². The Bertz CT molecular complexity index is 573. The number of aliphatic hydroxyl groups is 1. The van der Waals surface area contributed by atoms with Crippen LogP contribution in [0.2, 0.25) is 0 Å². The monoisotopic (exact) mass is 274 g/mol. The highest BCUT2D eigenvalue weighted by atomic mass is 16.5. The van der Waals surface area contributed by atoms with Gasteiger partial charge in [0.15, 0.2) is 0 Å². The molecule has 0 amide bonds. The molecule has 2 atom stereocenters. The SMILES string of the molecule is CCn1nc(CC(O)CC2CCCO2)c2ccccc21. The largest absolute Gasteiger partial charge is 0.393 e. The summed E-state index contributed by atoms with van der Waals surface area (Å²) in [5, 5.41) is 16.1. The smallest absolute Gasteiger partial charge is 0.0729 e. The molecule has 3 rings (SSSR count). The van der Waals surface area contributed by atoms with Crippen molar-refractivity contribution in [1.82, 2.24) is 9.78 Å². The van der Waals surface area contributed by atoms with E-state index in [0.29, 0.717) is 12.8 Å². The highest BCUT2D eigenvalue weighted by molar-refractivity contribution is 5.81. The number of hydrogen-bond acceptors (Lipinski definition) is 3. The predicted molar refractivity (Wildman–Crippen MR) is 78.7 cm³/mol. The summed E-state index contributed by atoms with van der Waals surface area (Å²) in [6.07, 6.45) is 3.36. The molecule has 0 radical (unpaired) electrons. The van der Waals surface area contributed by atoms with Crippen molar-refractivity contribution >= 4 is 10.9 Å². The standard InChI is InChI=1S/C16H22N2O2/c1-2-18-16-8-4-3-7-14(16)15(17-18)11-12(19)10-13-6-5-9-20-13/h3-4,7-8,12-13,19H,2,5-6,9-11H2,1H3. The topological polar surface area (TPSA) is 47.3 Å². The Morgan fingerprint density at radius 3 is 3.05 bits per heavy atom. The van der Waals surface area contributed by atoms with Gasteiger partial charge in [0.2, 0.25) is 0 Å². The summed E-state index contributed by atoms with van der Waals surface area (Å²) in [4.78, 5) is 0.